The molecule has 7 aliphatic rings. The van der Waals surface area contributed by atoms with Gasteiger partial charge < -0.3 is 4.74 Å². The van der Waals surface area contributed by atoms with Gasteiger partial charge in [0.25, 0.3) is 0 Å². The highest BCUT2D eigenvalue weighted by atomic mass is 16.5. The second-order valence-corrected chi connectivity index (χ2v) is 7.49. The van der Waals surface area contributed by atoms with Gasteiger partial charge in [0.05, 0.1) is 25.3 Å². The van der Waals surface area contributed by atoms with Crippen LogP contribution in [-0.2, 0) is 11.8 Å². The van der Waals surface area contributed by atoms with Crippen LogP contribution in [0.15, 0.2) is 9.59 Å². The van der Waals surface area contributed by atoms with Crippen LogP contribution in [0.3, 0.4) is 0 Å². The molecule has 2 unspecified atom stereocenters. The quantitative estimate of drug-likeness (QED) is 0.598. The van der Waals surface area contributed by atoms with E-state index in [4.69, 9.17) is 4.74 Å². The Labute approximate surface area is 107 Å². The standard InChI is InChI=1S/C13H13N3O3/c1-14-10(17)15-8-5-4-6(5)9(16(15)11(14)18)13-3-19-2-12(8,13)7(4)13/h4-9H,2-3H2,1H3/t4?,5-,6-,7?,8-,9+,12-,13+/m0/s1. The Morgan fingerprint density at radius 1 is 1.00 bits per heavy atom. The summed E-state index contributed by atoms with van der Waals surface area (Å²) in [4.78, 5) is 24.8. The average molecular weight is 259 g/mol. The Morgan fingerprint density at radius 3 is 2.05 bits per heavy atom. The predicted octanol–water partition coefficient (Wildman–Crippen LogP) is -1.03. The molecule has 3 aliphatic heterocycles. The van der Waals surface area contributed by atoms with Crippen LogP contribution in [0.5, 0.6) is 0 Å². The van der Waals surface area contributed by atoms with E-state index < -0.39 is 0 Å². The van der Waals surface area contributed by atoms with E-state index in [0.717, 1.165) is 25.0 Å². The van der Waals surface area contributed by atoms with Crippen molar-refractivity contribution in [3.63, 3.8) is 0 Å². The van der Waals surface area contributed by atoms with Crippen LogP contribution in [0.25, 0.3) is 0 Å². The summed E-state index contributed by atoms with van der Waals surface area (Å²) in [6.07, 6.45) is 0. The molecule has 8 atom stereocenters. The Morgan fingerprint density at radius 2 is 1.53 bits per heavy atom. The largest absolute Gasteiger partial charge is 0.380 e. The summed E-state index contributed by atoms with van der Waals surface area (Å²) in [5, 5.41) is 0. The number of rotatable bonds is 0. The third-order valence-electron chi connectivity index (χ3n) is 7.66. The Bertz CT molecular complexity index is 770. The van der Waals surface area contributed by atoms with Gasteiger partial charge in [-0.3, -0.25) is 0 Å². The molecule has 5 fully saturated rings. The maximum atomic E-state index is 12.4. The number of nitrogens with zero attached hydrogens (tertiary/aromatic N) is 3. The van der Waals surface area contributed by atoms with Crippen molar-refractivity contribution < 1.29 is 4.74 Å². The molecule has 0 radical (unpaired) electrons. The first kappa shape index (κ1) is 8.79. The van der Waals surface area contributed by atoms with Gasteiger partial charge in [-0.25, -0.2) is 23.5 Å². The van der Waals surface area contributed by atoms with Gasteiger partial charge in [-0.05, 0) is 23.7 Å². The average Bonchev–Trinajstić information content (AvgIpc) is 3.01. The highest BCUT2D eigenvalue weighted by molar-refractivity contribution is 5.50. The molecule has 0 aromatic carbocycles. The maximum absolute atomic E-state index is 12.4. The molecule has 2 bridgehead atoms. The molecule has 0 N–H and O–H groups in total. The first-order valence-corrected chi connectivity index (χ1v) is 7.16. The molecule has 1 saturated heterocycles. The molecule has 8 rings (SSSR count). The molecule has 4 heterocycles. The second-order valence-electron chi connectivity index (χ2n) is 7.49. The van der Waals surface area contributed by atoms with Crippen molar-refractivity contribution in [3.05, 3.63) is 21.0 Å². The second kappa shape index (κ2) is 1.89. The number of aromatic nitrogens is 3. The van der Waals surface area contributed by atoms with E-state index in [-0.39, 0.29) is 34.3 Å². The minimum absolute atomic E-state index is 0.119. The minimum Gasteiger partial charge on any atom is -0.380 e. The monoisotopic (exact) mass is 259 g/mol. The Hall–Kier alpha value is -1.30. The summed E-state index contributed by atoms with van der Waals surface area (Å²) < 4.78 is 10.7. The normalized spacial score (nSPS) is 63.2. The van der Waals surface area contributed by atoms with Gasteiger partial charge >= 0.3 is 11.4 Å². The van der Waals surface area contributed by atoms with Gasteiger partial charge in [-0.2, -0.15) is 0 Å². The molecule has 4 aliphatic carbocycles. The number of hydrogen-bond acceptors (Lipinski definition) is 3. The van der Waals surface area contributed by atoms with Gasteiger partial charge in [0.1, 0.15) is 0 Å². The molecule has 0 amide bonds. The summed E-state index contributed by atoms with van der Waals surface area (Å²) in [7, 11) is 1.61. The van der Waals surface area contributed by atoms with Crippen LogP contribution < -0.4 is 11.4 Å². The topological polar surface area (TPSA) is 58.2 Å². The lowest BCUT2D eigenvalue weighted by Crippen LogP contribution is -2.52. The minimum atomic E-state index is -0.119. The van der Waals surface area contributed by atoms with Crippen molar-refractivity contribution in [2.75, 3.05) is 13.2 Å². The van der Waals surface area contributed by atoms with Gasteiger partial charge in [0.15, 0.2) is 0 Å². The molecule has 6 nitrogen and oxygen atoms in total. The van der Waals surface area contributed by atoms with Crippen LogP contribution in [0, 0.1) is 34.5 Å². The molecule has 1 aromatic rings. The predicted molar refractivity (Wildman–Crippen MR) is 61.7 cm³/mol. The Balaban J connectivity index is 1.71. The zero-order valence-electron chi connectivity index (χ0n) is 10.4. The third kappa shape index (κ3) is 0.469. The molecule has 98 valence electrons. The fourth-order valence-electron chi connectivity index (χ4n) is 7.50. The lowest BCUT2D eigenvalue weighted by molar-refractivity contribution is 0.0280. The van der Waals surface area contributed by atoms with Crippen molar-refractivity contribution >= 4 is 0 Å². The number of hydrogen-bond donors (Lipinski definition) is 0. The molecule has 2 spiro atoms. The van der Waals surface area contributed by atoms with E-state index in [1.807, 2.05) is 9.36 Å². The molecule has 4 saturated carbocycles. The van der Waals surface area contributed by atoms with Gasteiger partial charge in [-0.1, -0.05) is 0 Å². The van der Waals surface area contributed by atoms with Crippen LogP contribution in [0.4, 0.5) is 0 Å². The van der Waals surface area contributed by atoms with E-state index in [9.17, 15) is 9.59 Å². The van der Waals surface area contributed by atoms with Crippen molar-refractivity contribution in [2.24, 2.45) is 41.5 Å². The summed E-state index contributed by atoms with van der Waals surface area (Å²) in [6, 6.07) is 0.503. The van der Waals surface area contributed by atoms with Crippen LogP contribution in [0.1, 0.15) is 12.1 Å². The van der Waals surface area contributed by atoms with Crippen molar-refractivity contribution in [1.82, 2.24) is 13.9 Å². The fraction of sp³-hybridized carbons (Fsp3) is 0.846. The zero-order chi connectivity index (χ0) is 12.5. The lowest BCUT2D eigenvalue weighted by atomic mass is 9.73. The fourth-order valence-corrected chi connectivity index (χ4v) is 7.50. The van der Waals surface area contributed by atoms with Crippen molar-refractivity contribution in [1.29, 1.82) is 0 Å². The smallest absolute Gasteiger partial charge is 0.347 e. The maximum Gasteiger partial charge on any atom is 0.347 e. The van der Waals surface area contributed by atoms with E-state index in [2.05, 4.69) is 0 Å². The van der Waals surface area contributed by atoms with E-state index in [1.165, 1.54) is 4.57 Å². The molecule has 1 aromatic heterocycles. The lowest BCUT2D eigenvalue weighted by Gasteiger charge is -2.44. The first-order valence-electron chi connectivity index (χ1n) is 7.16. The third-order valence-corrected chi connectivity index (χ3v) is 7.66. The van der Waals surface area contributed by atoms with Crippen LogP contribution >= 0.6 is 0 Å². The zero-order valence-corrected chi connectivity index (χ0v) is 10.4. The summed E-state index contributed by atoms with van der Waals surface area (Å²) >= 11 is 0. The summed E-state index contributed by atoms with van der Waals surface area (Å²) in [5.41, 5.74) is 0.205. The van der Waals surface area contributed by atoms with Crippen molar-refractivity contribution in [3.8, 4) is 0 Å². The Kier molecular flexibility index (Phi) is 0.873. The van der Waals surface area contributed by atoms with Crippen LogP contribution in [0.2, 0.25) is 0 Å². The van der Waals surface area contributed by atoms with Gasteiger partial charge in [0, 0.05) is 17.9 Å². The SMILES string of the molecule is Cn1c(=O)n2n(c1=O)[C@@H]1[C@H]3C4C5[C@@]6(COC[C@@]516)[C@@H]2[C@@H]43. The van der Waals surface area contributed by atoms with Gasteiger partial charge in [-0.15, -0.1) is 0 Å². The van der Waals surface area contributed by atoms with Crippen LogP contribution in [-0.4, -0.2) is 27.1 Å². The molecule has 19 heavy (non-hydrogen) atoms. The first-order chi connectivity index (χ1) is 9.18. The van der Waals surface area contributed by atoms with E-state index >= 15 is 0 Å². The summed E-state index contributed by atoms with van der Waals surface area (Å²) in [5.74, 6) is 2.86. The highest BCUT2D eigenvalue weighted by Gasteiger charge is 3.04. The molecular weight excluding hydrogens is 246 g/mol. The number of ether oxygens (including phenoxy) is 1. The summed E-state index contributed by atoms with van der Waals surface area (Å²) in [6.45, 7) is 1.63. The van der Waals surface area contributed by atoms with E-state index in [1.54, 1.807) is 7.05 Å². The molecular formula is C13H13N3O3. The van der Waals surface area contributed by atoms with Crippen molar-refractivity contribution in [2.45, 2.75) is 12.1 Å². The van der Waals surface area contributed by atoms with E-state index in [0.29, 0.717) is 11.8 Å². The highest BCUT2D eigenvalue weighted by Crippen LogP contribution is 3.03. The molecule has 6 heteroatoms. The van der Waals surface area contributed by atoms with Gasteiger partial charge in [0.2, 0.25) is 0 Å².